The van der Waals surface area contributed by atoms with Crippen LogP contribution < -0.4 is 33.2 Å². The summed E-state index contributed by atoms with van der Waals surface area (Å²) in [6.45, 7) is 0.283. The summed E-state index contributed by atoms with van der Waals surface area (Å²) in [7, 11) is 1.00. The molecular formula is C16H32N6O9. The minimum atomic E-state index is -1.59. The Labute approximate surface area is 178 Å². The zero-order valence-corrected chi connectivity index (χ0v) is 17.1. The summed E-state index contributed by atoms with van der Waals surface area (Å²) in [5.41, 5.74) is 16.1. The number of carboxylic acids is 3. The summed E-state index contributed by atoms with van der Waals surface area (Å²) in [6, 6.07) is -4.21. The molecular weight excluding hydrogens is 420 g/mol. The zero-order chi connectivity index (χ0) is 24.6. The molecule has 0 aliphatic heterocycles. The highest BCUT2D eigenvalue weighted by atomic mass is 16.4. The smallest absolute Gasteiger partial charge is 0.326 e. The number of hydrogen-bond donors (Lipinski definition) is 10. The fourth-order valence-corrected chi connectivity index (χ4v) is 2.18. The van der Waals surface area contributed by atoms with Gasteiger partial charge in [-0.1, -0.05) is 0 Å². The van der Waals surface area contributed by atoms with Gasteiger partial charge in [0, 0.05) is 13.5 Å². The van der Waals surface area contributed by atoms with Crippen LogP contribution >= 0.6 is 0 Å². The highest BCUT2D eigenvalue weighted by Gasteiger charge is 2.29. The van der Waals surface area contributed by atoms with Crippen molar-refractivity contribution in [1.29, 1.82) is 0 Å². The summed E-state index contributed by atoms with van der Waals surface area (Å²) >= 11 is 0. The van der Waals surface area contributed by atoms with E-state index in [4.69, 9.17) is 32.5 Å². The first-order valence-corrected chi connectivity index (χ1v) is 9.16. The lowest BCUT2D eigenvalue weighted by Gasteiger charge is -2.22. The van der Waals surface area contributed by atoms with E-state index in [2.05, 4.69) is 16.0 Å². The molecule has 15 nitrogen and oxygen atoms in total. The van der Waals surface area contributed by atoms with Gasteiger partial charge in [-0.25, -0.2) is 4.79 Å². The molecule has 0 rings (SSSR count). The number of aliphatic hydroxyl groups is 1. The summed E-state index contributed by atoms with van der Waals surface area (Å²) in [5.74, 6) is -5.91. The molecule has 180 valence electrons. The molecule has 0 saturated heterocycles. The van der Waals surface area contributed by atoms with Gasteiger partial charge in [-0.15, -0.1) is 0 Å². The maximum Gasteiger partial charge on any atom is 0.326 e. The van der Waals surface area contributed by atoms with E-state index >= 15 is 0 Å². The zero-order valence-electron chi connectivity index (χ0n) is 17.1. The largest absolute Gasteiger partial charge is 0.481 e. The number of aliphatic carboxylic acids is 3. The predicted octanol–water partition coefficient (Wildman–Crippen LogP) is -4.11. The molecule has 0 aromatic heterocycles. The lowest BCUT2D eigenvalue weighted by molar-refractivity contribution is -0.143. The van der Waals surface area contributed by atoms with Crippen LogP contribution in [0.3, 0.4) is 0 Å². The summed E-state index contributed by atoms with van der Waals surface area (Å²) in [6.07, 6.45) is -1.94. The van der Waals surface area contributed by atoms with Crippen molar-refractivity contribution >= 4 is 29.7 Å². The first-order valence-electron chi connectivity index (χ1n) is 9.16. The SMILES string of the molecule is CO.NC(N)NCCCC(NC(=O)C(CC(=O)O)NC(=O)C(N)CCC(=O)O)C(=O)O. The summed E-state index contributed by atoms with van der Waals surface area (Å²) < 4.78 is 0. The number of carbonyl (C=O) groups is 5. The van der Waals surface area contributed by atoms with Crippen LogP contribution in [0.25, 0.3) is 0 Å². The molecule has 13 N–H and O–H groups in total. The maximum atomic E-state index is 12.3. The van der Waals surface area contributed by atoms with Crippen LogP contribution in [0.15, 0.2) is 0 Å². The van der Waals surface area contributed by atoms with Gasteiger partial charge >= 0.3 is 17.9 Å². The van der Waals surface area contributed by atoms with Gasteiger partial charge in [0.25, 0.3) is 0 Å². The van der Waals surface area contributed by atoms with Crippen LogP contribution in [0.2, 0.25) is 0 Å². The van der Waals surface area contributed by atoms with E-state index < -0.39 is 67.0 Å². The van der Waals surface area contributed by atoms with Crippen LogP contribution in [0, 0.1) is 0 Å². The molecule has 0 aromatic rings. The van der Waals surface area contributed by atoms with Gasteiger partial charge in [0.2, 0.25) is 11.8 Å². The van der Waals surface area contributed by atoms with Crippen molar-refractivity contribution in [2.75, 3.05) is 13.7 Å². The Kier molecular flexibility index (Phi) is 16.5. The van der Waals surface area contributed by atoms with Crippen LogP contribution in [0.4, 0.5) is 0 Å². The van der Waals surface area contributed by atoms with Gasteiger partial charge in [0.1, 0.15) is 18.4 Å². The molecule has 0 bridgehead atoms. The van der Waals surface area contributed by atoms with Gasteiger partial charge in [-0.2, -0.15) is 0 Å². The Morgan fingerprint density at radius 1 is 0.806 bits per heavy atom. The van der Waals surface area contributed by atoms with Crippen LogP contribution in [0.5, 0.6) is 0 Å². The van der Waals surface area contributed by atoms with E-state index in [0.29, 0.717) is 0 Å². The lowest BCUT2D eigenvalue weighted by atomic mass is 10.1. The van der Waals surface area contributed by atoms with E-state index in [9.17, 15) is 29.1 Å². The van der Waals surface area contributed by atoms with E-state index in [1.54, 1.807) is 0 Å². The van der Waals surface area contributed by atoms with Gasteiger partial charge in [-0.3, -0.25) is 24.5 Å². The second-order valence-corrected chi connectivity index (χ2v) is 6.22. The van der Waals surface area contributed by atoms with Crippen LogP contribution in [-0.2, 0) is 24.0 Å². The molecule has 0 radical (unpaired) electrons. The molecule has 0 fully saturated rings. The first kappa shape index (κ1) is 30.3. The molecule has 31 heavy (non-hydrogen) atoms. The van der Waals surface area contributed by atoms with Crippen molar-refractivity contribution < 1.29 is 44.4 Å². The lowest BCUT2D eigenvalue weighted by Crippen LogP contribution is -2.55. The molecule has 3 atom stereocenters. The Morgan fingerprint density at radius 2 is 1.35 bits per heavy atom. The Balaban J connectivity index is 0. The van der Waals surface area contributed by atoms with Gasteiger partial charge < -0.3 is 48.3 Å². The second kappa shape index (κ2) is 16.9. The number of aliphatic hydroxyl groups excluding tert-OH is 1. The molecule has 0 aliphatic rings. The fraction of sp³-hybridized carbons (Fsp3) is 0.688. The number of amides is 2. The van der Waals surface area contributed by atoms with Crippen molar-refractivity contribution in [2.24, 2.45) is 17.2 Å². The average molecular weight is 452 g/mol. The Morgan fingerprint density at radius 3 is 1.81 bits per heavy atom. The van der Waals surface area contributed by atoms with Crippen molar-refractivity contribution in [3.05, 3.63) is 0 Å². The number of carbonyl (C=O) groups excluding carboxylic acids is 2. The number of hydrogen-bond acceptors (Lipinski definition) is 10. The highest BCUT2D eigenvalue weighted by Crippen LogP contribution is 2.02. The molecule has 0 spiro atoms. The molecule has 15 heteroatoms. The Bertz CT molecular complexity index is 602. The molecule has 2 amide bonds. The third kappa shape index (κ3) is 15.6. The molecule has 3 unspecified atom stereocenters. The summed E-state index contributed by atoms with van der Waals surface area (Å²) in [5, 5.41) is 40.7. The monoisotopic (exact) mass is 452 g/mol. The summed E-state index contributed by atoms with van der Waals surface area (Å²) in [4.78, 5) is 57.2. The normalized spacial score (nSPS) is 13.2. The highest BCUT2D eigenvalue weighted by molar-refractivity contribution is 5.94. The van der Waals surface area contributed by atoms with Crippen molar-refractivity contribution in [2.45, 2.75) is 56.5 Å². The quantitative estimate of drug-likeness (QED) is 0.0835. The first-order chi connectivity index (χ1) is 14.4. The van der Waals surface area contributed by atoms with Crippen LogP contribution in [0.1, 0.15) is 32.1 Å². The Hall–Kier alpha value is -2.85. The minimum absolute atomic E-state index is 0.00729. The molecule has 0 saturated carbocycles. The van der Waals surface area contributed by atoms with Crippen molar-refractivity contribution in [3.63, 3.8) is 0 Å². The van der Waals surface area contributed by atoms with Gasteiger partial charge in [-0.05, 0) is 25.8 Å². The average Bonchev–Trinajstić information content (AvgIpc) is 2.68. The van der Waals surface area contributed by atoms with Crippen molar-refractivity contribution in [1.82, 2.24) is 16.0 Å². The molecule has 0 aromatic carbocycles. The van der Waals surface area contributed by atoms with Crippen LogP contribution in [-0.4, -0.2) is 88.2 Å². The van der Waals surface area contributed by atoms with E-state index in [-0.39, 0.29) is 25.8 Å². The number of rotatable bonds is 15. The fourth-order valence-electron chi connectivity index (χ4n) is 2.18. The van der Waals surface area contributed by atoms with E-state index in [1.807, 2.05) is 0 Å². The van der Waals surface area contributed by atoms with E-state index in [0.717, 1.165) is 7.11 Å². The van der Waals surface area contributed by atoms with Gasteiger partial charge in [0.05, 0.1) is 12.5 Å². The standard InChI is InChI=1S/C15H28N6O8.CH4O/c16-7(3-4-10(22)23)12(26)21-9(6-11(24)25)13(27)20-8(14(28)29)2-1-5-19-15(17)18;1-2/h7-9,15,19H,1-6,16-18H2,(H,20,27)(H,21,26)(H,22,23)(H,24,25)(H,28,29);2H,1H3. The third-order valence-corrected chi connectivity index (χ3v) is 3.68. The molecule has 0 heterocycles. The number of carboxylic acid groups (broad SMARTS) is 3. The number of nitrogens with one attached hydrogen (secondary N) is 3. The van der Waals surface area contributed by atoms with Crippen molar-refractivity contribution in [3.8, 4) is 0 Å². The van der Waals surface area contributed by atoms with E-state index in [1.165, 1.54) is 0 Å². The second-order valence-electron chi connectivity index (χ2n) is 6.22. The van der Waals surface area contributed by atoms with Gasteiger partial charge in [0.15, 0.2) is 0 Å². The molecule has 0 aliphatic carbocycles. The predicted molar refractivity (Wildman–Crippen MR) is 106 cm³/mol. The number of nitrogens with two attached hydrogens (primary N) is 3. The maximum absolute atomic E-state index is 12.3. The topological polar surface area (TPSA) is 280 Å². The minimum Gasteiger partial charge on any atom is -0.481 e. The third-order valence-electron chi connectivity index (χ3n) is 3.68.